The summed E-state index contributed by atoms with van der Waals surface area (Å²) in [6, 6.07) is 2.21. The lowest BCUT2D eigenvalue weighted by atomic mass is 10.1. The first-order valence-corrected chi connectivity index (χ1v) is 8.72. The molecular formula is C18H31N3O3. The van der Waals surface area contributed by atoms with Gasteiger partial charge in [0.2, 0.25) is 0 Å². The highest BCUT2D eigenvalue weighted by atomic mass is 16.5. The van der Waals surface area contributed by atoms with Crippen molar-refractivity contribution in [2.75, 3.05) is 47.0 Å². The van der Waals surface area contributed by atoms with E-state index in [2.05, 4.69) is 28.6 Å². The smallest absolute Gasteiger partial charge is 0.183 e. The third kappa shape index (κ3) is 4.82. The van der Waals surface area contributed by atoms with Gasteiger partial charge in [0.25, 0.3) is 0 Å². The van der Waals surface area contributed by atoms with Crippen molar-refractivity contribution < 1.29 is 14.6 Å². The molecule has 0 saturated carbocycles. The predicted octanol–water partition coefficient (Wildman–Crippen LogP) is 1.62. The summed E-state index contributed by atoms with van der Waals surface area (Å²) in [5.41, 5.74) is 0.900. The monoisotopic (exact) mass is 337 g/mol. The van der Waals surface area contributed by atoms with Gasteiger partial charge in [0.05, 0.1) is 14.2 Å². The van der Waals surface area contributed by atoms with Gasteiger partial charge in [-0.15, -0.1) is 0 Å². The summed E-state index contributed by atoms with van der Waals surface area (Å²) < 4.78 is 10.9. The molecule has 2 rings (SSSR count). The van der Waals surface area contributed by atoms with E-state index in [4.69, 9.17) is 9.47 Å². The third-order valence-electron chi connectivity index (χ3n) is 4.49. The number of piperazine rings is 1. The van der Waals surface area contributed by atoms with E-state index in [0.717, 1.165) is 44.8 Å². The third-order valence-corrected chi connectivity index (χ3v) is 4.49. The molecule has 1 aromatic heterocycles. The first-order chi connectivity index (χ1) is 11.6. The quantitative estimate of drug-likeness (QED) is 0.778. The van der Waals surface area contributed by atoms with Crippen molar-refractivity contribution in [3.63, 3.8) is 0 Å². The van der Waals surface area contributed by atoms with E-state index in [1.54, 1.807) is 20.4 Å². The van der Waals surface area contributed by atoms with Gasteiger partial charge in [-0.2, -0.15) is 0 Å². The topological polar surface area (TPSA) is 58.1 Å². The lowest BCUT2D eigenvalue weighted by molar-refractivity contribution is 0.0467. The molecule has 2 heterocycles. The number of aliphatic hydroxyl groups excluding tert-OH is 1. The van der Waals surface area contributed by atoms with Crippen LogP contribution in [0.15, 0.2) is 12.3 Å². The number of aliphatic hydroxyl groups is 1. The molecule has 0 amide bonds. The molecule has 1 fully saturated rings. The molecule has 0 spiro atoms. The lowest BCUT2D eigenvalue weighted by Crippen LogP contribution is -2.53. The van der Waals surface area contributed by atoms with E-state index in [1.165, 1.54) is 0 Å². The van der Waals surface area contributed by atoms with Gasteiger partial charge < -0.3 is 14.6 Å². The molecule has 1 aliphatic rings. The van der Waals surface area contributed by atoms with Crippen molar-refractivity contribution in [1.82, 2.24) is 14.8 Å². The predicted molar refractivity (Wildman–Crippen MR) is 94.5 cm³/mol. The summed E-state index contributed by atoms with van der Waals surface area (Å²) in [5.74, 6) is 2.06. The summed E-state index contributed by atoms with van der Waals surface area (Å²) in [7, 11) is 3.29. The fourth-order valence-electron chi connectivity index (χ4n) is 3.41. The minimum Gasteiger partial charge on any atom is -0.493 e. The largest absolute Gasteiger partial charge is 0.493 e. The normalized spacial score (nSPS) is 19.7. The molecule has 6 heteroatoms. The Bertz CT molecular complexity index is 510. The number of methoxy groups -OCH3 is 2. The number of hydrogen-bond acceptors (Lipinski definition) is 6. The van der Waals surface area contributed by atoms with Gasteiger partial charge >= 0.3 is 0 Å². The summed E-state index contributed by atoms with van der Waals surface area (Å²) in [6.45, 7) is 9.49. The van der Waals surface area contributed by atoms with Crippen LogP contribution in [0.5, 0.6) is 11.5 Å². The lowest BCUT2D eigenvalue weighted by Gasteiger charge is -2.42. The van der Waals surface area contributed by atoms with Crippen LogP contribution in [-0.4, -0.2) is 72.9 Å². The fraction of sp³-hybridized carbons (Fsp3) is 0.722. The van der Waals surface area contributed by atoms with Gasteiger partial charge in [-0.3, -0.25) is 14.8 Å². The van der Waals surface area contributed by atoms with Gasteiger partial charge in [0.15, 0.2) is 11.5 Å². The molecule has 1 N–H and O–H groups in total. The van der Waals surface area contributed by atoms with Gasteiger partial charge in [0.1, 0.15) is 5.69 Å². The number of pyridine rings is 1. The van der Waals surface area contributed by atoms with E-state index in [0.29, 0.717) is 23.5 Å². The maximum atomic E-state index is 9.40. The van der Waals surface area contributed by atoms with Crippen LogP contribution in [0.4, 0.5) is 0 Å². The van der Waals surface area contributed by atoms with Crippen molar-refractivity contribution in [3.8, 4) is 11.5 Å². The molecule has 0 aliphatic carbocycles. The van der Waals surface area contributed by atoms with E-state index >= 15 is 0 Å². The van der Waals surface area contributed by atoms with Crippen LogP contribution in [0.3, 0.4) is 0 Å². The van der Waals surface area contributed by atoms with Crippen LogP contribution in [-0.2, 0) is 6.54 Å². The zero-order valence-electron chi connectivity index (χ0n) is 15.4. The maximum Gasteiger partial charge on any atom is 0.183 e. The first kappa shape index (κ1) is 19.0. The zero-order chi connectivity index (χ0) is 17.5. The molecule has 1 saturated heterocycles. The maximum absolute atomic E-state index is 9.40. The van der Waals surface area contributed by atoms with Crippen LogP contribution in [0.25, 0.3) is 0 Å². The highest BCUT2D eigenvalue weighted by Gasteiger charge is 2.28. The van der Waals surface area contributed by atoms with Crippen LogP contribution < -0.4 is 9.47 Å². The number of hydrogen-bond donors (Lipinski definition) is 1. The standard InChI is InChI=1S/C18H31N3O3/c1-14(2)11-21-9-8-20(12-15(21)6-10-22)13-16-18(24-4)17(23-3)5-7-19-16/h5,7,14-15,22H,6,8-13H2,1-4H3/t15-/m1/s1. The average Bonchev–Trinajstić information content (AvgIpc) is 2.56. The highest BCUT2D eigenvalue weighted by molar-refractivity contribution is 5.42. The van der Waals surface area contributed by atoms with Crippen LogP contribution in [0.1, 0.15) is 26.0 Å². The van der Waals surface area contributed by atoms with Crippen LogP contribution >= 0.6 is 0 Å². The fourth-order valence-corrected chi connectivity index (χ4v) is 3.41. The Morgan fingerprint density at radius 3 is 2.71 bits per heavy atom. The Labute approximate surface area is 145 Å². The molecule has 0 aromatic carbocycles. The molecule has 136 valence electrons. The second kappa shape index (κ2) is 9.20. The van der Waals surface area contributed by atoms with Crippen molar-refractivity contribution in [1.29, 1.82) is 0 Å². The van der Waals surface area contributed by atoms with Crippen molar-refractivity contribution in [3.05, 3.63) is 18.0 Å². The molecule has 24 heavy (non-hydrogen) atoms. The molecule has 6 nitrogen and oxygen atoms in total. The minimum atomic E-state index is 0.230. The molecular weight excluding hydrogens is 306 g/mol. The Kier molecular flexibility index (Phi) is 7.27. The highest BCUT2D eigenvalue weighted by Crippen LogP contribution is 2.30. The summed E-state index contributed by atoms with van der Waals surface area (Å²) in [4.78, 5) is 9.38. The van der Waals surface area contributed by atoms with E-state index in [-0.39, 0.29) is 6.61 Å². The SMILES string of the molecule is COc1ccnc(CN2CCN(CC(C)C)[C@H](CCO)C2)c1OC. The first-order valence-electron chi connectivity index (χ1n) is 8.72. The van der Waals surface area contributed by atoms with Crippen molar-refractivity contribution >= 4 is 0 Å². The molecule has 0 bridgehead atoms. The molecule has 0 radical (unpaired) electrons. The van der Waals surface area contributed by atoms with Gasteiger partial charge in [-0.25, -0.2) is 0 Å². The average molecular weight is 337 g/mol. The summed E-state index contributed by atoms with van der Waals surface area (Å²) in [5, 5.41) is 9.40. The second-order valence-electron chi connectivity index (χ2n) is 6.78. The Morgan fingerprint density at radius 1 is 1.29 bits per heavy atom. The molecule has 0 unspecified atom stereocenters. The number of rotatable bonds is 8. The molecule has 1 aromatic rings. The van der Waals surface area contributed by atoms with E-state index in [1.807, 2.05) is 6.07 Å². The molecule has 1 atom stereocenters. The van der Waals surface area contributed by atoms with Crippen LogP contribution in [0.2, 0.25) is 0 Å². The number of nitrogens with zero attached hydrogens (tertiary/aromatic N) is 3. The Balaban J connectivity index is 2.06. The Morgan fingerprint density at radius 2 is 2.08 bits per heavy atom. The summed E-state index contributed by atoms with van der Waals surface area (Å²) >= 11 is 0. The number of ether oxygens (including phenoxy) is 2. The van der Waals surface area contributed by atoms with Crippen molar-refractivity contribution in [2.24, 2.45) is 5.92 Å². The van der Waals surface area contributed by atoms with E-state index in [9.17, 15) is 5.11 Å². The van der Waals surface area contributed by atoms with Gasteiger partial charge in [0, 0.05) is 57.6 Å². The second-order valence-corrected chi connectivity index (χ2v) is 6.78. The van der Waals surface area contributed by atoms with E-state index < -0.39 is 0 Å². The zero-order valence-corrected chi connectivity index (χ0v) is 15.4. The van der Waals surface area contributed by atoms with Crippen LogP contribution in [0, 0.1) is 5.92 Å². The Hall–Kier alpha value is -1.37. The number of aromatic nitrogens is 1. The van der Waals surface area contributed by atoms with Crippen molar-refractivity contribution in [2.45, 2.75) is 32.9 Å². The summed E-state index contributed by atoms with van der Waals surface area (Å²) in [6.07, 6.45) is 2.57. The van der Waals surface area contributed by atoms with Gasteiger partial charge in [-0.1, -0.05) is 13.8 Å². The molecule has 1 aliphatic heterocycles. The van der Waals surface area contributed by atoms with Gasteiger partial charge in [-0.05, 0) is 12.3 Å². The minimum absolute atomic E-state index is 0.230.